The molecule has 0 aliphatic heterocycles. The zero-order valence-corrected chi connectivity index (χ0v) is 10.6. The third-order valence-corrected chi connectivity index (χ3v) is 2.35. The van der Waals surface area contributed by atoms with Crippen LogP contribution in [0.25, 0.3) is 5.65 Å². The fraction of sp³-hybridized carbons (Fsp3) is 0.364. The molecule has 0 unspecified atom stereocenters. The average molecular weight is 255 g/mol. The van der Waals surface area contributed by atoms with Crippen LogP contribution in [0.15, 0.2) is 22.9 Å². The summed E-state index contributed by atoms with van der Waals surface area (Å²) in [5, 5.41) is 0. The minimum absolute atomic E-state index is 0.984. The second kappa shape index (κ2) is 4.60. The molecule has 0 radical (unpaired) electrons. The lowest BCUT2D eigenvalue weighted by Crippen LogP contribution is -1.85. The third kappa shape index (κ3) is 2.15. The molecule has 0 fully saturated rings. The van der Waals surface area contributed by atoms with E-state index in [4.69, 9.17) is 0 Å². The molecule has 0 atom stereocenters. The molecule has 0 aliphatic carbocycles. The van der Waals surface area contributed by atoms with Crippen molar-refractivity contribution in [2.75, 3.05) is 0 Å². The molecule has 0 bridgehead atoms. The lowest BCUT2D eigenvalue weighted by atomic mass is 10.3. The Hall–Kier alpha value is -0.830. The SMILES string of the molecule is CC.Cc1cc(Br)c2nc(C)cn2c1. The molecule has 2 aromatic heterocycles. The Balaban J connectivity index is 0.000000461. The number of imidazole rings is 1. The predicted octanol–water partition coefficient (Wildman–Crippen LogP) is 3.74. The van der Waals surface area contributed by atoms with Gasteiger partial charge >= 0.3 is 0 Å². The van der Waals surface area contributed by atoms with Gasteiger partial charge in [0.2, 0.25) is 0 Å². The van der Waals surface area contributed by atoms with E-state index < -0.39 is 0 Å². The zero-order chi connectivity index (χ0) is 10.7. The maximum atomic E-state index is 4.37. The van der Waals surface area contributed by atoms with Crippen molar-refractivity contribution in [3.63, 3.8) is 0 Å². The van der Waals surface area contributed by atoms with Gasteiger partial charge in [-0.25, -0.2) is 4.98 Å². The fourth-order valence-corrected chi connectivity index (χ4v) is 1.97. The van der Waals surface area contributed by atoms with E-state index in [1.807, 2.05) is 31.4 Å². The van der Waals surface area contributed by atoms with Crippen LogP contribution in [0.5, 0.6) is 0 Å². The molecule has 0 saturated carbocycles. The highest BCUT2D eigenvalue weighted by Gasteiger charge is 2.01. The molecule has 0 N–H and O–H groups in total. The standard InChI is InChI=1S/C9H9BrN2.C2H6/c1-6-3-8(10)9-11-7(2)5-12(9)4-6;1-2/h3-5H,1-2H3;1-2H3. The first kappa shape index (κ1) is 11.2. The van der Waals surface area contributed by atoms with Crippen molar-refractivity contribution in [2.24, 2.45) is 0 Å². The first-order chi connectivity index (χ1) is 6.66. The molecule has 0 amide bonds. The summed E-state index contributed by atoms with van der Waals surface area (Å²) in [6, 6.07) is 2.07. The van der Waals surface area contributed by atoms with Gasteiger partial charge in [0, 0.05) is 12.4 Å². The maximum Gasteiger partial charge on any atom is 0.151 e. The molecule has 2 nitrogen and oxygen atoms in total. The highest BCUT2D eigenvalue weighted by Crippen LogP contribution is 2.18. The summed E-state index contributed by atoms with van der Waals surface area (Å²) in [6.07, 6.45) is 4.09. The zero-order valence-electron chi connectivity index (χ0n) is 9.00. The van der Waals surface area contributed by atoms with Gasteiger partial charge in [-0.3, -0.25) is 0 Å². The van der Waals surface area contributed by atoms with Crippen molar-refractivity contribution in [1.29, 1.82) is 0 Å². The Kier molecular flexibility index (Phi) is 3.69. The fourth-order valence-electron chi connectivity index (χ4n) is 1.31. The molecule has 3 heteroatoms. The third-order valence-electron chi connectivity index (χ3n) is 1.76. The lowest BCUT2D eigenvalue weighted by Gasteiger charge is -1.97. The molecular weight excluding hydrogens is 240 g/mol. The normalized spacial score (nSPS) is 9.79. The minimum atomic E-state index is 0.984. The predicted molar refractivity (Wildman–Crippen MR) is 63.7 cm³/mol. The first-order valence-corrected chi connectivity index (χ1v) is 5.57. The van der Waals surface area contributed by atoms with Crippen LogP contribution in [-0.4, -0.2) is 9.38 Å². The van der Waals surface area contributed by atoms with Crippen molar-refractivity contribution in [2.45, 2.75) is 27.7 Å². The highest BCUT2D eigenvalue weighted by molar-refractivity contribution is 9.10. The Morgan fingerprint density at radius 1 is 1.21 bits per heavy atom. The second-order valence-corrected chi connectivity index (χ2v) is 3.83. The van der Waals surface area contributed by atoms with Crippen LogP contribution < -0.4 is 0 Å². The molecule has 76 valence electrons. The number of rotatable bonds is 0. The van der Waals surface area contributed by atoms with E-state index in [1.54, 1.807) is 0 Å². The van der Waals surface area contributed by atoms with Crippen LogP contribution in [0.1, 0.15) is 25.1 Å². The number of fused-ring (bicyclic) bond motifs is 1. The van der Waals surface area contributed by atoms with E-state index in [1.165, 1.54) is 5.56 Å². The van der Waals surface area contributed by atoms with Crippen molar-refractivity contribution in [3.05, 3.63) is 34.2 Å². The van der Waals surface area contributed by atoms with E-state index in [-0.39, 0.29) is 0 Å². The summed E-state index contributed by atoms with van der Waals surface area (Å²) in [7, 11) is 0. The number of pyridine rings is 1. The summed E-state index contributed by atoms with van der Waals surface area (Å²) in [4.78, 5) is 4.37. The highest BCUT2D eigenvalue weighted by atomic mass is 79.9. The Morgan fingerprint density at radius 3 is 2.50 bits per heavy atom. The molecule has 2 aromatic rings. The molecule has 2 heterocycles. The van der Waals surface area contributed by atoms with Crippen molar-refractivity contribution in [1.82, 2.24) is 9.38 Å². The molecule has 2 rings (SSSR count). The Morgan fingerprint density at radius 2 is 1.86 bits per heavy atom. The molecule has 0 aromatic carbocycles. The number of halogens is 1. The smallest absolute Gasteiger partial charge is 0.151 e. The summed E-state index contributed by atoms with van der Waals surface area (Å²) in [5.41, 5.74) is 3.26. The van der Waals surface area contributed by atoms with Gasteiger partial charge in [-0.2, -0.15) is 0 Å². The van der Waals surface area contributed by atoms with E-state index in [0.717, 1.165) is 15.8 Å². The van der Waals surface area contributed by atoms with Gasteiger partial charge in [0.15, 0.2) is 5.65 Å². The number of aromatic nitrogens is 2. The largest absolute Gasteiger partial charge is 0.306 e. The first-order valence-electron chi connectivity index (χ1n) is 4.78. The minimum Gasteiger partial charge on any atom is -0.306 e. The van der Waals surface area contributed by atoms with E-state index in [0.29, 0.717) is 0 Å². The maximum absolute atomic E-state index is 4.37. The van der Waals surface area contributed by atoms with Crippen LogP contribution in [0.4, 0.5) is 0 Å². The van der Waals surface area contributed by atoms with Gasteiger partial charge in [0.25, 0.3) is 0 Å². The summed E-state index contributed by atoms with van der Waals surface area (Å²) in [5.74, 6) is 0. The van der Waals surface area contributed by atoms with E-state index in [2.05, 4.69) is 40.1 Å². The van der Waals surface area contributed by atoms with E-state index in [9.17, 15) is 0 Å². The van der Waals surface area contributed by atoms with Crippen molar-refractivity contribution < 1.29 is 0 Å². The van der Waals surface area contributed by atoms with Gasteiger partial charge in [-0.1, -0.05) is 13.8 Å². The monoisotopic (exact) mass is 254 g/mol. The summed E-state index contributed by atoms with van der Waals surface area (Å²) < 4.78 is 3.09. The van der Waals surface area contributed by atoms with Crippen molar-refractivity contribution >= 4 is 21.6 Å². The van der Waals surface area contributed by atoms with Crippen LogP contribution in [0.3, 0.4) is 0 Å². The van der Waals surface area contributed by atoms with Gasteiger partial charge in [0.05, 0.1) is 10.2 Å². The summed E-state index contributed by atoms with van der Waals surface area (Å²) >= 11 is 3.48. The Labute approximate surface area is 93.1 Å². The summed E-state index contributed by atoms with van der Waals surface area (Å²) in [6.45, 7) is 8.06. The van der Waals surface area contributed by atoms with Gasteiger partial charge in [-0.05, 0) is 41.4 Å². The average Bonchev–Trinajstić information content (AvgIpc) is 2.49. The van der Waals surface area contributed by atoms with Gasteiger partial charge in [-0.15, -0.1) is 0 Å². The number of hydrogen-bond donors (Lipinski definition) is 0. The van der Waals surface area contributed by atoms with Crippen LogP contribution in [0, 0.1) is 13.8 Å². The van der Waals surface area contributed by atoms with Crippen molar-refractivity contribution in [3.8, 4) is 0 Å². The topological polar surface area (TPSA) is 17.3 Å². The van der Waals surface area contributed by atoms with Gasteiger partial charge in [0.1, 0.15) is 0 Å². The number of hydrogen-bond acceptors (Lipinski definition) is 1. The van der Waals surface area contributed by atoms with Crippen LogP contribution >= 0.6 is 15.9 Å². The molecule has 0 aliphatic rings. The number of nitrogens with zero attached hydrogens (tertiary/aromatic N) is 2. The second-order valence-electron chi connectivity index (χ2n) is 2.98. The van der Waals surface area contributed by atoms with E-state index >= 15 is 0 Å². The molecule has 14 heavy (non-hydrogen) atoms. The van der Waals surface area contributed by atoms with Crippen LogP contribution in [-0.2, 0) is 0 Å². The van der Waals surface area contributed by atoms with Gasteiger partial charge < -0.3 is 4.40 Å². The molecular formula is C11H15BrN2. The quantitative estimate of drug-likeness (QED) is 0.701. The Bertz CT molecular complexity index is 432. The number of aryl methyl sites for hydroxylation is 2. The van der Waals surface area contributed by atoms with Crippen LogP contribution in [0.2, 0.25) is 0 Å². The lowest BCUT2D eigenvalue weighted by molar-refractivity contribution is 1.15. The molecule has 0 spiro atoms. The molecule has 0 saturated heterocycles.